The zero-order valence-electron chi connectivity index (χ0n) is 10.5. The van der Waals surface area contributed by atoms with Gasteiger partial charge >= 0.3 is 0 Å². The highest BCUT2D eigenvalue weighted by molar-refractivity contribution is 7.99. The number of thioether (sulfide) groups is 1. The van der Waals surface area contributed by atoms with Gasteiger partial charge in [-0.3, -0.25) is 0 Å². The van der Waals surface area contributed by atoms with Crippen LogP contribution in [0.25, 0.3) is 0 Å². The summed E-state index contributed by atoms with van der Waals surface area (Å²) in [4.78, 5) is 0. The molecule has 0 aliphatic carbocycles. The van der Waals surface area contributed by atoms with Crippen LogP contribution in [-0.2, 0) is 0 Å². The summed E-state index contributed by atoms with van der Waals surface area (Å²) in [5.41, 5.74) is 5.79. The summed E-state index contributed by atoms with van der Waals surface area (Å²) in [6.45, 7) is 7.82. The largest absolute Gasteiger partial charge is 0.309 e. The van der Waals surface area contributed by atoms with Gasteiger partial charge in [-0.15, -0.1) is 0 Å². The Labute approximate surface area is 103 Å². The lowest BCUT2D eigenvalue weighted by molar-refractivity contribution is 0.584. The molecule has 0 amide bonds. The van der Waals surface area contributed by atoms with Crippen LogP contribution in [0.2, 0.25) is 0 Å². The number of rotatable bonds is 1. The number of nitrogens with one attached hydrogen (secondary N) is 1. The molecule has 0 saturated carbocycles. The van der Waals surface area contributed by atoms with E-state index in [9.17, 15) is 0 Å². The molecule has 1 fully saturated rings. The summed E-state index contributed by atoms with van der Waals surface area (Å²) in [6.07, 6.45) is 1.30. The molecule has 0 radical (unpaired) electrons. The Morgan fingerprint density at radius 1 is 1.19 bits per heavy atom. The van der Waals surface area contributed by atoms with Gasteiger partial charge in [-0.05, 0) is 56.2 Å². The molecular weight excluding hydrogens is 214 g/mol. The minimum Gasteiger partial charge on any atom is -0.309 e. The van der Waals surface area contributed by atoms with Crippen LogP contribution in [0, 0.1) is 20.8 Å². The summed E-state index contributed by atoms with van der Waals surface area (Å²) >= 11 is 2.08. The first-order valence-electron chi connectivity index (χ1n) is 6.07. The lowest BCUT2D eigenvalue weighted by Crippen LogP contribution is -2.24. The van der Waals surface area contributed by atoms with Gasteiger partial charge in [0.1, 0.15) is 0 Å². The first kappa shape index (κ1) is 12.0. The molecule has 2 heteroatoms. The van der Waals surface area contributed by atoms with Crippen molar-refractivity contribution in [2.75, 3.05) is 18.1 Å². The molecule has 1 nitrogen and oxygen atoms in total. The van der Waals surface area contributed by atoms with Gasteiger partial charge in [0.05, 0.1) is 0 Å². The highest BCUT2D eigenvalue weighted by Crippen LogP contribution is 2.27. The standard InChI is InChI=1S/C14H21NS/c1-10-7-11(2)14(12(3)8-10)13-9-16-6-4-5-15-13/h7-8,13,15H,4-6,9H2,1-3H3. The normalized spacial score (nSPS) is 21.8. The Bertz CT molecular complexity index is 342. The van der Waals surface area contributed by atoms with Crippen LogP contribution in [0.3, 0.4) is 0 Å². The summed E-state index contributed by atoms with van der Waals surface area (Å²) in [5, 5.41) is 3.68. The molecule has 2 rings (SSSR count). The van der Waals surface area contributed by atoms with E-state index < -0.39 is 0 Å². The predicted molar refractivity (Wildman–Crippen MR) is 73.3 cm³/mol. The monoisotopic (exact) mass is 235 g/mol. The maximum Gasteiger partial charge on any atom is 0.0417 e. The van der Waals surface area contributed by atoms with Crippen molar-refractivity contribution in [1.29, 1.82) is 0 Å². The summed E-state index contributed by atoms with van der Waals surface area (Å²) in [5.74, 6) is 2.51. The summed E-state index contributed by atoms with van der Waals surface area (Å²) in [6, 6.07) is 5.16. The zero-order chi connectivity index (χ0) is 11.5. The second-order valence-electron chi connectivity index (χ2n) is 4.75. The van der Waals surface area contributed by atoms with Gasteiger partial charge in [-0.25, -0.2) is 0 Å². The Balaban J connectivity index is 2.31. The van der Waals surface area contributed by atoms with Crippen molar-refractivity contribution in [2.45, 2.75) is 33.2 Å². The van der Waals surface area contributed by atoms with Crippen LogP contribution < -0.4 is 5.32 Å². The maximum atomic E-state index is 3.68. The molecule has 1 aliphatic heterocycles. The third-order valence-electron chi connectivity index (χ3n) is 3.23. The molecule has 1 atom stereocenters. The Hall–Kier alpha value is -0.470. The quantitative estimate of drug-likeness (QED) is 0.801. The van der Waals surface area contributed by atoms with Crippen LogP contribution in [0.4, 0.5) is 0 Å². The van der Waals surface area contributed by atoms with Crippen molar-refractivity contribution < 1.29 is 0 Å². The molecule has 1 aliphatic rings. The third kappa shape index (κ3) is 2.61. The van der Waals surface area contributed by atoms with Gasteiger partial charge in [0, 0.05) is 11.8 Å². The highest BCUT2D eigenvalue weighted by Gasteiger charge is 2.17. The smallest absolute Gasteiger partial charge is 0.0417 e. The summed E-state index contributed by atoms with van der Waals surface area (Å²) in [7, 11) is 0. The van der Waals surface area contributed by atoms with Crippen molar-refractivity contribution in [2.24, 2.45) is 0 Å². The Morgan fingerprint density at radius 3 is 2.56 bits per heavy atom. The van der Waals surface area contributed by atoms with E-state index in [0.717, 1.165) is 6.54 Å². The van der Waals surface area contributed by atoms with Crippen LogP contribution in [-0.4, -0.2) is 18.1 Å². The first-order valence-corrected chi connectivity index (χ1v) is 7.23. The minimum atomic E-state index is 0.549. The van der Waals surface area contributed by atoms with E-state index in [1.165, 1.54) is 40.2 Å². The van der Waals surface area contributed by atoms with Crippen LogP contribution in [0.15, 0.2) is 12.1 Å². The fourth-order valence-corrected chi connectivity index (χ4v) is 3.67. The zero-order valence-corrected chi connectivity index (χ0v) is 11.3. The first-order chi connectivity index (χ1) is 7.68. The lowest BCUT2D eigenvalue weighted by atomic mass is 9.95. The van der Waals surface area contributed by atoms with E-state index in [2.05, 4.69) is 50.0 Å². The highest BCUT2D eigenvalue weighted by atomic mass is 32.2. The Morgan fingerprint density at radius 2 is 1.88 bits per heavy atom. The van der Waals surface area contributed by atoms with Crippen molar-refractivity contribution in [3.05, 3.63) is 34.4 Å². The van der Waals surface area contributed by atoms with Crippen molar-refractivity contribution >= 4 is 11.8 Å². The molecule has 16 heavy (non-hydrogen) atoms. The SMILES string of the molecule is Cc1cc(C)c(C2CSCCCN2)c(C)c1. The van der Waals surface area contributed by atoms with E-state index >= 15 is 0 Å². The van der Waals surface area contributed by atoms with Gasteiger partial charge in [0.15, 0.2) is 0 Å². The lowest BCUT2D eigenvalue weighted by Gasteiger charge is -2.21. The molecular formula is C14H21NS. The van der Waals surface area contributed by atoms with E-state index in [1.807, 2.05) is 0 Å². The molecule has 0 bridgehead atoms. The van der Waals surface area contributed by atoms with Gasteiger partial charge in [-0.1, -0.05) is 17.7 Å². The van der Waals surface area contributed by atoms with Gasteiger partial charge in [0.25, 0.3) is 0 Å². The van der Waals surface area contributed by atoms with Crippen molar-refractivity contribution in [1.82, 2.24) is 5.32 Å². The van der Waals surface area contributed by atoms with E-state index in [4.69, 9.17) is 0 Å². The topological polar surface area (TPSA) is 12.0 Å². The average molecular weight is 235 g/mol. The van der Waals surface area contributed by atoms with Crippen molar-refractivity contribution in [3.8, 4) is 0 Å². The minimum absolute atomic E-state index is 0.549. The van der Waals surface area contributed by atoms with E-state index in [1.54, 1.807) is 0 Å². The second kappa shape index (κ2) is 5.24. The molecule has 1 aromatic carbocycles. The van der Waals surface area contributed by atoms with Gasteiger partial charge in [0.2, 0.25) is 0 Å². The summed E-state index contributed by atoms with van der Waals surface area (Å²) < 4.78 is 0. The maximum absolute atomic E-state index is 3.68. The van der Waals surface area contributed by atoms with Crippen LogP contribution in [0.5, 0.6) is 0 Å². The van der Waals surface area contributed by atoms with Crippen LogP contribution >= 0.6 is 11.8 Å². The molecule has 1 N–H and O–H groups in total. The number of hydrogen-bond donors (Lipinski definition) is 1. The molecule has 1 unspecified atom stereocenters. The molecule has 0 spiro atoms. The Kier molecular flexibility index (Phi) is 3.93. The fraction of sp³-hybridized carbons (Fsp3) is 0.571. The van der Waals surface area contributed by atoms with Gasteiger partial charge < -0.3 is 5.32 Å². The molecule has 0 aromatic heterocycles. The van der Waals surface area contributed by atoms with E-state index in [-0.39, 0.29) is 0 Å². The molecule has 88 valence electrons. The average Bonchev–Trinajstić information content (AvgIpc) is 2.44. The van der Waals surface area contributed by atoms with Crippen molar-refractivity contribution in [3.63, 3.8) is 0 Å². The third-order valence-corrected chi connectivity index (χ3v) is 4.37. The molecule has 1 heterocycles. The van der Waals surface area contributed by atoms with Gasteiger partial charge in [-0.2, -0.15) is 11.8 Å². The molecule has 1 saturated heterocycles. The number of benzene rings is 1. The predicted octanol–water partition coefficient (Wildman–Crippen LogP) is 3.38. The number of hydrogen-bond acceptors (Lipinski definition) is 2. The number of aryl methyl sites for hydroxylation is 3. The van der Waals surface area contributed by atoms with E-state index in [0.29, 0.717) is 6.04 Å². The fourth-order valence-electron chi connectivity index (χ4n) is 2.64. The van der Waals surface area contributed by atoms with Crippen LogP contribution in [0.1, 0.15) is 34.7 Å². The second-order valence-corrected chi connectivity index (χ2v) is 5.90. The molecule has 1 aromatic rings.